The van der Waals surface area contributed by atoms with Crippen molar-refractivity contribution in [2.75, 3.05) is 5.32 Å². The van der Waals surface area contributed by atoms with Gasteiger partial charge in [0.05, 0.1) is 19.9 Å². The summed E-state index contributed by atoms with van der Waals surface area (Å²) in [5.74, 6) is 0. The summed E-state index contributed by atoms with van der Waals surface area (Å²) in [6, 6.07) is 1.89. The second kappa shape index (κ2) is 7.81. The van der Waals surface area contributed by atoms with Gasteiger partial charge >= 0.3 is 0 Å². The number of aromatic nitrogens is 4. The highest BCUT2D eigenvalue weighted by Gasteiger charge is 2.14. The zero-order valence-corrected chi connectivity index (χ0v) is 17.4. The van der Waals surface area contributed by atoms with Gasteiger partial charge in [0.15, 0.2) is 5.13 Å². The summed E-state index contributed by atoms with van der Waals surface area (Å²) >= 11 is 26.2. The highest BCUT2D eigenvalue weighted by atomic mass is 35.5. The highest BCUT2D eigenvalue weighted by Crippen LogP contribution is 2.32. The summed E-state index contributed by atoms with van der Waals surface area (Å²) in [4.78, 5) is 16.7. The number of anilines is 1. The molecule has 0 saturated heterocycles. The van der Waals surface area contributed by atoms with E-state index >= 15 is 0 Å². The number of H-pyrrole nitrogens is 1. The Hall–Kier alpha value is -1.57. The van der Waals surface area contributed by atoms with E-state index in [0.717, 1.165) is 27.0 Å². The van der Waals surface area contributed by atoms with Crippen LogP contribution in [0.2, 0.25) is 20.2 Å². The Labute approximate surface area is 178 Å². The molecule has 0 spiro atoms. The average Bonchev–Trinajstić information content (AvgIpc) is 3.18. The molecule has 4 aromatic rings. The van der Waals surface area contributed by atoms with Gasteiger partial charge in [-0.3, -0.25) is 4.98 Å². The molecule has 27 heavy (non-hydrogen) atoms. The molecule has 0 bridgehead atoms. The Kier molecular flexibility index (Phi) is 5.43. The fourth-order valence-corrected chi connectivity index (χ4v) is 4.49. The zero-order valence-electron chi connectivity index (χ0n) is 13.6. The van der Waals surface area contributed by atoms with Crippen LogP contribution in [0.5, 0.6) is 0 Å². The number of nitrogens with one attached hydrogen (secondary N) is 2. The molecule has 0 atom stereocenters. The van der Waals surface area contributed by atoms with E-state index < -0.39 is 0 Å². The van der Waals surface area contributed by atoms with Crippen LogP contribution in [0.15, 0.2) is 30.9 Å². The van der Waals surface area contributed by atoms with Crippen LogP contribution < -0.4 is 5.32 Å². The van der Waals surface area contributed by atoms with Crippen LogP contribution in [0, 0.1) is 0 Å². The van der Waals surface area contributed by atoms with E-state index in [2.05, 4.69) is 25.3 Å². The van der Waals surface area contributed by atoms with Crippen LogP contribution in [0.25, 0.3) is 11.0 Å². The lowest BCUT2D eigenvalue weighted by atomic mass is 10.1. The number of pyridine rings is 2. The molecule has 0 saturated carbocycles. The van der Waals surface area contributed by atoms with Gasteiger partial charge < -0.3 is 10.3 Å². The van der Waals surface area contributed by atoms with Gasteiger partial charge in [-0.2, -0.15) is 0 Å². The smallest absolute Gasteiger partial charge is 0.184 e. The molecule has 0 fully saturated rings. The number of hydrogen-bond acceptors (Lipinski definition) is 5. The van der Waals surface area contributed by atoms with E-state index in [9.17, 15) is 0 Å². The van der Waals surface area contributed by atoms with Gasteiger partial charge in [0.25, 0.3) is 0 Å². The minimum Gasteiger partial charge on any atom is -0.357 e. The Balaban J connectivity index is 1.54. The number of fused-ring (bicyclic) bond motifs is 1. The monoisotopic (exact) mass is 457 g/mol. The van der Waals surface area contributed by atoms with Crippen molar-refractivity contribution in [1.29, 1.82) is 0 Å². The number of nitrogens with zero attached hydrogens (tertiary/aromatic N) is 3. The maximum Gasteiger partial charge on any atom is 0.184 e. The lowest BCUT2D eigenvalue weighted by Gasteiger charge is -2.06. The molecule has 5 nitrogen and oxygen atoms in total. The van der Waals surface area contributed by atoms with Crippen LogP contribution >= 0.6 is 57.7 Å². The molecule has 4 heterocycles. The summed E-state index contributed by atoms with van der Waals surface area (Å²) < 4.78 is 0. The molecule has 2 N–H and O–H groups in total. The van der Waals surface area contributed by atoms with E-state index in [1.165, 1.54) is 11.3 Å². The van der Waals surface area contributed by atoms with Crippen LogP contribution in [-0.4, -0.2) is 19.9 Å². The van der Waals surface area contributed by atoms with Crippen molar-refractivity contribution < 1.29 is 0 Å². The standard InChI is InChI=1S/C17H11Cl4N5S/c18-9-2-10-8(3-23-16(10)24-4-9)1-14-15(21)26-17(27-14)25-5-11-12(19)6-22-7-13(11)20/h2-4,6-7H,1,5H2,(H,23,24)(H,25,26). The lowest BCUT2D eigenvalue weighted by molar-refractivity contribution is 1.11. The van der Waals surface area contributed by atoms with E-state index in [0.29, 0.717) is 38.3 Å². The van der Waals surface area contributed by atoms with Gasteiger partial charge in [-0.15, -0.1) is 11.3 Å². The average molecular weight is 459 g/mol. The maximum atomic E-state index is 6.33. The second-order valence-corrected chi connectivity index (χ2v) is 8.40. The Morgan fingerprint density at radius 3 is 2.63 bits per heavy atom. The summed E-state index contributed by atoms with van der Waals surface area (Å²) in [6.07, 6.45) is 7.26. The normalized spacial score (nSPS) is 11.3. The summed E-state index contributed by atoms with van der Waals surface area (Å²) in [6.45, 7) is 0.427. The molecule has 0 radical (unpaired) electrons. The van der Waals surface area contributed by atoms with Crippen molar-refractivity contribution in [2.24, 2.45) is 0 Å². The number of aromatic amines is 1. The lowest BCUT2D eigenvalue weighted by Crippen LogP contribution is -2.00. The molecular formula is C17H11Cl4N5S. The minimum absolute atomic E-state index is 0.427. The predicted molar refractivity (Wildman–Crippen MR) is 113 cm³/mol. The van der Waals surface area contributed by atoms with Gasteiger partial charge in [-0.25, -0.2) is 9.97 Å². The molecule has 0 amide bonds. The molecule has 0 aliphatic heterocycles. The van der Waals surface area contributed by atoms with Crippen LogP contribution in [0.1, 0.15) is 16.0 Å². The minimum atomic E-state index is 0.427. The molecule has 4 aromatic heterocycles. The van der Waals surface area contributed by atoms with Gasteiger partial charge in [0.1, 0.15) is 10.8 Å². The van der Waals surface area contributed by atoms with Crippen molar-refractivity contribution in [1.82, 2.24) is 19.9 Å². The van der Waals surface area contributed by atoms with E-state index in [1.54, 1.807) is 18.6 Å². The highest BCUT2D eigenvalue weighted by molar-refractivity contribution is 7.16. The maximum absolute atomic E-state index is 6.33. The fraction of sp³-hybridized carbons (Fsp3) is 0.118. The number of hydrogen-bond donors (Lipinski definition) is 2. The largest absolute Gasteiger partial charge is 0.357 e. The molecule has 138 valence electrons. The number of rotatable bonds is 5. The van der Waals surface area contributed by atoms with Gasteiger partial charge in [-0.05, 0) is 11.6 Å². The molecule has 10 heteroatoms. The molecular weight excluding hydrogens is 448 g/mol. The Morgan fingerprint density at radius 2 is 1.85 bits per heavy atom. The molecule has 0 aliphatic rings. The molecule has 4 rings (SSSR count). The predicted octanol–water partition coefficient (Wildman–Crippen LogP) is 6.23. The first-order valence-electron chi connectivity index (χ1n) is 7.79. The van der Waals surface area contributed by atoms with Crippen molar-refractivity contribution in [3.05, 3.63) is 67.1 Å². The van der Waals surface area contributed by atoms with Crippen LogP contribution in [-0.2, 0) is 13.0 Å². The number of halogens is 4. The van der Waals surface area contributed by atoms with E-state index in [-0.39, 0.29) is 0 Å². The summed E-state index contributed by atoms with van der Waals surface area (Å²) in [5, 5.41) is 6.92. The Bertz CT molecular complexity index is 1100. The molecule has 0 aromatic carbocycles. The van der Waals surface area contributed by atoms with Crippen LogP contribution in [0.4, 0.5) is 5.13 Å². The topological polar surface area (TPSA) is 66.5 Å². The van der Waals surface area contributed by atoms with E-state index in [1.807, 2.05) is 12.3 Å². The van der Waals surface area contributed by atoms with Gasteiger partial charge in [0, 0.05) is 48.7 Å². The van der Waals surface area contributed by atoms with Gasteiger partial charge in [0.2, 0.25) is 0 Å². The summed E-state index contributed by atoms with van der Waals surface area (Å²) in [7, 11) is 0. The summed E-state index contributed by atoms with van der Waals surface area (Å²) in [5.41, 5.74) is 2.60. The van der Waals surface area contributed by atoms with Crippen molar-refractivity contribution in [3.8, 4) is 0 Å². The third-order valence-electron chi connectivity index (χ3n) is 3.95. The SMILES string of the molecule is Clc1cnc2[nH]cc(Cc3sc(NCc4c(Cl)cncc4Cl)nc3Cl)c2c1. The Morgan fingerprint density at radius 1 is 1.07 bits per heavy atom. The fourth-order valence-electron chi connectivity index (χ4n) is 2.64. The van der Waals surface area contributed by atoms with Gasteiger partial charge in [-0.1, -0.05) is 46.4 Å². The quantitative estimate of drug-likeness (QED) is 0.372. The molecule has 0 aliphatic carbocycles. The van der Waals surface area contributed by atoms with Crippen LogP contribution in [0.3, 0.4) is 0 Å². The first kappa shape index (κ1) is 18.8. The third kappa shape index (κ3) is 4.00. The first-order valence-corrected chi connectivity index (χ1v) is 10.1. The van der Waals surface area contributed by atoms with Crippen molar-refractivity contribution >= 4 is 73.9 Å². The first-order chi connectivity index (χ1) is 13.0. The van der Waals surface area contributed by atoms with Crippen molar-refractivity contribution in [2.45, 2.75) is 13.0 Å². The second-order valence-electron chi connectivity index (χ2n) is 5.71. The van der Waals surface area contributed by atoms with E-state index in [4.69, 9.17) is 46.4 Å². The van der Waals surface area contributed by atoms with Crippen molar-refractivity contribution in [3.63, 3.8) is 0 Å². The zero-order chi connectivity index (χ0) is 19.0. The number of thiazole rings is 1. The molecule has 0 unspecified atom stereocenters. The third-order valence-corrected chi connectivity index (χ3v) is 6.25.